The molecular weight excluding hydrogens is 769 g/mol. The Morgan fingerprint density at radius 2 is 0.726 bits per heavy atom. The number of unbranched alkanes of at least 4 members (excludes halogenated alkanes) is 16. The van der Waals surface area contributed by atoms with E-state index in [1.165, 1.54) is 38.5 Å². The third-order valence-electron chi connectivity index (χ3n) is 9.84. The molecule has 1 atom stereocenters. The summed E-state index contributed by atoms with van der Waals surface area (Å²) in [6.45, 7) is 6.25. The van der Waals surface area contributed by atoms with Crippen molar-refractivity contribution in [2.45, 2.75) is 200 Å². The molecule has 0 aromatic heterocycles. The van der Waals surface area contributed by atoms with Gasteiger partial charge in [0.2, 0.25) is 0 Å². The van der Waals surface area contributed by atoms with Gasteiger partial charge < -0.3 is 14.2 Å². The summed E-state index contributed by atoms with van der Waals surface area (Å²) in [6.07, 6.45) is 67.5. The number of allylic oxidation sites excluding steroid dienone is 20. The van der Waals surface area contributed by atoms with Gasteiger partial charge in [-0.05, 0) is 89.9 Å². The molecule has 0 fully saturated rings. The van der Waals surface area contributed by atoms with Crippen LogP contribution in [0.1, 0.15) is 194 Å². The standard InChI is InChI=1S/C56H88O6/c1-4-7-10-13-16-19-22-24-26-27-28-30-31-34-37-40-43-46-49-55(58)61-52-53(51-60-54(57)48-45-42-39-36-33-21-18-15-12-9-6-3)62-56(59)50-47-44-41-38-35-32-29-25-23-20-17-14-11-8-5-2/h8-9,11-12,14,16-24,26-28,30,36,39,53H,4-7,10,13,15,25,29,31-35,37-38,40-52H2,1-3H3/b11-8-,12-9-,17-14-,19-16-,21-18-,23-20-,24-22-,27-26-,30-28-,39-36-. The van der Waals surface area contributed by atoms with Crippen LogP contribution in [0.4, 0.5) is 0 Å². The zero-order chi connectivity index (χ0) is 45.1. The maximum Gasteiger partial charge on any atom is 0.306 e. The second-order valence-electron chi connectivity index (χ2n) is 15.8. The molecule has 0 N–H and O–H groups in total. The van der Waals surface area contributed by atoms with E-state index in [0.29, 0.717) is 19.3 Å². The Morgan fingerprint density at radius 3 is 1.23 bits per heavy atom. The zero-order valence-electron chi connectivity index (χ0n) is 39.6. The fraction of sp³-hybridized carbons (Fsp3) is 0.589. The molecule has 0 saturated carbocycles. The second-order valence-corrected chi connectivity index (χ2v) is 15.8. The number of ether oxygens (including phenoxy) is 3. The summed E-state index contributed by atoms with van der Waals surface area (Å²) in [5.41, 5.74) is 0. The molecule has 0 aromatic rings. The summed E-state index contributed by atoms with van der Waals surface area (Å²) in [4.78, 5) is 37.9. The molecule has 0 aliphatic heterocycles. The van der Waals surface area contributed by atoms with E-state index in [2.05, 4.69) is 142 Å². The molecule has 0 heterocycles. The number of rotatable bonds is 42. The van der Waals surface area contributed by atoms with E-state index < -0.39 is 6.10 Å². The van der Waals surface area contributed by atoms with Gasteiger partial charge in [0, 0.05) is 19.3 Å². The first-order chi connectivity index (χ1) is 30.5. The SMILES string of the molecule is CC\C=C/C=C\C=C/CCCCCCCCCC(=O)OC(COC(=O)CCC/C=C\C/C=C\C/C=C\CC)COC(=O)CCCCCCC\C=C/C=C\C=C/C=C\CCCCC. The van der Waals surface area contributed by atoms with E-state index in [4.69, 9.17) is 14.2 Å². The molecule has 0 saturated heterocycles. The van der Waals surface area contributed by atoms with Crippen LogP contribution >= 0.6 is 0 Å². The molecule has 0 spiro atoms. The van der Waals surface area contributed by atoms with E-state index in [0.717, 1.165) is 109 Å². The van der Waals surface area contributed by atoms with Gasteiger partial charge in [-0.15, -0.1) is 0 Å². The van der Waals surface area contributed by atoms with Crippen molar-refractivity contribution < 1.29 is 28.6 Å². The Morgan fingerprint density at radius 1 is 0.355 bits per heavy atom. The molecule has 1 unspecified atom stereocenters. The van der Waals surface area contributed by atoms with Crippen LogP contribution in [0.2, 0.25) is 0 Å². The van der Waals surface area contributed by atoms with Crippen LogP contribution in [0, 0.1) is 0 Å². The van der Waals surface area contributed by atoms with Crippen LogP contribution < -0.4 is 0 Å². The Kier molecular flexibility index (Phi) is 46.1. The van der Waals surface area contributed by atoms with Crippen LogP contribution in [0.5, 0.6) is 0 Å². The molecule has 0 aliphatic rings. The van der Waals surface area contributed by atoms with Gasteiger partial charge in [-0.3, -0.25) is 14.4 Å². The third kappa shape index (κ3) is 46.9. The third-order valence-corrected chi connectivity index (χ3v) is 9.84. The molecule has 0 aromatic carbocycles. The van der Waals surface area contributed by atoms with Crippen LogP contribution in [0.25, 0.3) is 0 Å². The van der Waals surface area contributed by atoms with Crippen LogP contribution in [-0.4, -0.2) is 37.2 Å². The van der Waals surface area contributed by atoms with E-state index in [1.807, 2.05) is 0 Å². The predicted octanol–water partition coefficient (Wildman–Crippen LogP) is 16.1. The highest BCUT2D eigenvalue weighted by molar-refractivity contribution is 5.71. The topological polar surface area (TPSA) is 78.9 Å². The minimum atomic E-state index is -0.817. The lowest BCUT2D eigenvalue weighted by Gasteiger charge is -2.18. The molecular formula is C56H88O6. The first-order valence-corrected chi connectivity index (χ1v) is 24.6. The van der Waals surface area contributed by atoms with E-state index in [1.54, 1.807) is 0 Å². The number of hydrogen-bond donors (Lipinski definition) is 0. The van der Waals surface area contributed by atoms with Gasteiger partial charge in [0.15, 0.2) is 6.10 Å². The van der Waals surface area contributed by atoms with Gasteiger partial charge >= 0.3 is 17.9 Å². The number of hydrogen-bond acceptors (Lipinski definition) is 6. The van der Waals surface area contributed by atoms with Gasteiger partial charge in [-0.25, -0.2) is 0 Å². The fourth-order valence-corrected chi connectivity index (χ4v) is 6.18. The highest BCUT2D eigenvalue weighted by Crippen LogP contribution is 2.13. The van der Waals surface area contributed by atoms with Crippen molar-refractivity contribution in [1.82, 2.24) is 0 Å². The van der Waals surface area contributed by atoms with Gasteiger partial charge in [0.25, 0.3) is 0 Å². The van der Waals surface area contributed by atoms with Gasteiger partial charge in [-0.1, -0.05) is 206 Å². The molecule has 62 heavy (non-hydrogen) atoms. The van der Waals surface area contributed by atoms with Crippen molar-refractivity contribution in [3.8, 4) is 0 Å². The molecule has 0 bridgehead atoms. The van der Waals surface area contributed by atoms with E-state index >= 15 is 0 Å². The largest absolute Gasteiger partial charge is 0.462 e. The van der Waals surface area contributed by atoms with Crippen molar-refractivity contribution >= 4 is 17.9 Å². The summed E-state index contributed by atoms with van der Waals surface area (Å²) in [6, 6.07) is 0. The summed E-state index contributed by atoms with van der Waals surface area (Å²) >= 11 is 0. The maximum absolute atomic E-state index is 12.8. The first-order valence-electron chi connectivity index (χ1n) is 24.6. The molecule has 0 amide bonds. The molecule has 0 aliphatic carbocycles. The highest BCUT2D eigenvalue weighted by atomic mass is 16.6. The second kappa shape index (κ2) is 49.5. The Hall–Kier alpha value is -4.19. The maximum atomic E-state index is 12.8. The summed E-state index contributed by atoms with van der Waals surface area (Å²) < 4.78 is 16.7. The van der Waals surface area contributed by atoms with Crippen molar-refractivity contribution in [3.05, 3.63) is 122 Å². The summed E-state index contributed by atoms with van der Waals surface area (Å²) in [5, 5.41) is 0. The fourth-order valence-electron chi connectivity index (χ4n) is 6.18. The summed E-state index contributed by atoms with van der Waals surface area (Å²) in [7, 11) is 0. The van der Waals surface area contributed by atoms with E-state index in [9.17, 15) is 14.4 Å². The monoisotopic (exact) mass is 857 g/mol. The Bertz CT molecular complexity index is 1350. The molecule has 0 rings (SSSR count). The lowest BCUT2D eigenvalue weighted by Crippen LogP contribution is -2.30. The van der Waals surface area contributed by atoms with Crippen molar-refractivity contribution in [1.29, 1.82) is 0 Å². The average Bonchev–Trinajstić information content (AvgIpc) is 3.27. The van der Waals surface area contributed by atoms with Crippen molar-refractivity contribution in [2.24, 2.45) is 0 Å². The van der Waals surface area contributed by atoms with Crippen LogP contribution in [0.3, 0.4) is 0 Å². The van der Waals surface area contributed by atoms with Crippen molar-refractivity contribution in [3.63, 3.8) is 0 Å². The zero-order valence-corrected chi connectivity index (χ0v) is 39.6. The normalized spacial score (nSPS) is 13.1. The first kappa shape index (κ1) is 57.8. The quantitative estimate of drug-likeness (QED) is 0.0200. The van der Waals surface area contributed by atoms with Gasteiger partial charge in [0.05, 0.1) is 0 Å². The lowest BCUT2D eigenvalue weighted by molar-refractivity contribution is -0.167. The lowest BCUT2D eigenvalue weighted by atomic mass is 10.1. The van der Waals surface area contributed by atoms with Gasteiger partial charge in [0.1, 0.15) is 13.2 Å². The average molecular weight is 857 g/mol. The number of esters is 3. The molecule has 0 radical (unpaired) electrons. The smallest absolute Gasteiger partial charge is 0.306 e. The minimum Gasteiger partial charge on any atom is -0.462 e. The Balaban J connectivity index is 4.51. The van der Waals surface area contributed by atoms with Crippen LogP contribution in [0.15, 0.2) is 122 Å². The Labute approximate surface area is 380 Å². The number of carbonyl (C=O) groups excluding carboxylic acids is 3. The molecule has 6 nitrogen and oxygen atoms in total. The molecule has 348 valence electrons. The summed E-state index contributed by atoms with van der Waals surface area (Å²) in [5.74, 6) is -1.01. The van der Waals surface area contributed by atoms with Crippen LogP contribution in [-0.2, 0) is 28.6 Å². The highest BCUT2D eigenvalue weighted by Gasteiger charge is 2.19. The number of carbonyl (C=O) groups is 3. The predicted molar refractivity (Wildman–Crippen MR) is 265 cm³/mol. The van der Waals surface area contributed by atoms with E-state index in [-0.39, 0.29) is 37.5 Å². The molecule has 6 heteroatoms. The van der Waals surface area contributed by atoms with Crippen molar-refractivity contribution in [2.75, 3.05) is 13.2 Å². The minimum absolute atomic E-state index is 0.115. The van der Waals surface area contributed by atoms with Gasteiger partial charge in [-0.2, -0.15) is 0 Å².